The number of carbonyl (C=O) groups excluding carboxylic acids is 2. The molecule has 0 aromatic heterocycles. The summed E-state index contributed by atoms with van der Waals surface area (Å²) in [6.45, 7) is 0.731. The second-order valence-electron chi connectivity index (χ2n) is 5.85. The molecule has 2 aromatic rings. The van der Waals surface area contributed by atoms with Crippen molar-refractivity contribution < 1.29 is 19.1 Å². The zero-order valence-electron chi connectivity index (χ0n) is 13.7. The maximum Gasteiger partial charge on any atom is 0.163 e. The first-order chi connectivity index (χ1) is 11.7. The van der Waals surface area contributed by atoms with Gasteiger partial charge >= 0.3 is 0 Å². The number of hydrogen-bond acceptors (Lipinski definition) is 4. The lowest BCUT2D eigenvalue weighted by Crippen LogP contribution is -2.10. The Morgan fingerprint density at radius 1 is 1.04 bits per heavy atom. The Hall–Kier alpha value is -2.62. The van der Waals surface area contributed by atoms with Crippen molar-refractivity contribution in [2.24, 2.45) is 0 Å². The van der Waals surface area contributed by atoms with Gasteiger partial charge in [0, 0.05) is 24.0 Å². The topological polar surface area (TPSA) is 52.6 Å². The van der Waals surface area contributed by atoms with Gasteiger partial charge in [0.2, 0.25) is 0 Å². The molecule has 3 rings (SSSR count). The Labute approximate surface area is 141 Å². The molecule has 0 saturated carbocycles. The number of ether oxygens (including phenoxy) is 2. The summed E-state index contributed by atoms with van der Waals surface area (Å²) in [5, 5.41) is 0. The van der Waals surface area contributed by atoms with Crippen molar-refractivity contribution in [1.82, 2.24) is 0 Å². The number of ketones is 2. The highest BCUT2D eigenvalue weighted by Crippen LogP contribution is 2.26. The van der Waals surface area contributed by atoms with Crippen LogP contribution in [0.1, 0.15) is 45.5 Å². The minimum absolute atomic E-state index is 0.0142. The number of methoxy groups -OCH3 is 1. The van der Waals surface area contributed by atoms with Crippen LogP contribution in [0.4, 0.5) is 0 Å². The fourth-order valence-electron chi connectivity index (χ4n) is 2.85. The molecule has 0 saturated heterocycles. The minimum Gasteiger partial charge on any atom is -0.497 e. The first kappa shape index (κ1) is 16.2. The third-order valence-corrected chi connectivity index (χ3v) is 4.20. The largest absolute Gasteiger partial charge is 0.497 e. The second kappa shape index (κ2) is 7.30. The molecule has 0 unspecified atom stereocenters. The Morgan fingerprint density at radius 3 is 2.54 bits per heavy atom. The molecular weight excluding hydrogens is 304 g/mol. The number of aryl methyl sites for hydroxylation is 1. The first-order valence-corrected chi connectivity index (χ1v) is 8.13. The van der Waals surface area contributed by atoms with E-state index >= 15 is 0 Å². The summed E-state index contributed by atoms with van der Waals surface area (Å²) in [7, 11) is 1.56. The fourth-order valence-corrected chi connectivity index (χ4v) is 2.85. The SMILES string of the molecule is COc1cccc(C(=O)CCC(=O)c2ccc3c(c2)CCCO3)c1. The quantitative estimate of drug-likeness (QED) is 0.757. The number of hydrogen-bond donors (Lipinski definition) is 0. The van der Waals surface area contributed by atoms with Crippen molar-refractivity contribution in [2.75, 3.05) is 13.7 Å². The van der Waals surface area contributed by atoms with E-state index in [2.05, 4.69) is 0 Å². The zero-order valence-corrected chi connectivity index (χ0v) is 13.7. The van der Waals surface area contributed by atoms with Crippen molar-refractivity contribution in [3.8, 4) is 11.5 Å². The summed E-state index contributed by atoms with van der Waals surface area (Å²) >= 11 is 0. The van der Waals surface area contributed by atoms with E-state index in [1.165, 1.54) is 0 Å². The molecule has 0 N–H and O–H groups in total. The molecule has 0 amide bonds. The van der Waals surface area contributed by atoms with E-state index in [4.69, 9.17) is 9.47 Å². The van der Waals surface area contributed by atoms with Crippen LogP contribution in [-0.2, 0) is 6.42 Å². The lowest BCUT2D eigenvalue weighted by Gasteiger charge is -2.17. The smallest absolute Gasteiger partial charge is 0.163 e. The zero-order chi connectivity index (χ0) is 16.9. The summed E-state index contributed by atoms with van der Waals surface area (Å²) in [4.78, 5) is 24.6. The van der Waals surface area contributed by atoms with Gasteiger partial charge in [-0.2, -0.15) is 0 Å². The molecule has 2 aromatic carbocycles. The number of carbonyl (C=O) groups is 2. The van der Waals surface area contributed by atoms with Crippen LogP contribution in [0.2, 0.25) is 0 Å². The number of benzene rings is 2. The van der Waals surface area contributed by atoms with Crippen molar-refractivity contribution in [3.63, 3.8) is 0 Å². The van der Waals surface area contributed by atoms with E-state index in [9.17, 15) is 9.59 Å². The average Bonchev–Trinajstić information content (AvgIpc) is 2.65. The molecule has 124 valence electrons. The molecule has 1 aliphatic heterocycles. The molecule has 0 radical (unpaired) electrons. The molecule has 24 heavy (non-hydrogen) atoms. The van der Waals surface area contributed by atoms with Gasteiger partial charge in [-0.05, 0) is 48.7 Å². The van der Waals surface area contributed by atoms with Gasteiger partial charge in [-0.25, -0.2) is 0 Å². The average molecular weight is 324 g/mol. The second-order valence-corrected chi connectivity index (χ2v) is 5.85. The Balaban J connectivity index is 1.63. The van der Waals surface area contributed by atoms with Crippen LogP contribution in [0.15, 0.2) is 42.5 Å². The van der Waals surface area contributed by atoms with E-state index in [0.29, 0.717) is 16.9 Å². The van der Waals surface area contributed by atoms with Crippen LogP contribution in [0.3, 0.4) is 0 Å². The monoisotopic (exact) mass is 324 g/mol. The van der Waals surface area contributed by atoms with Gasteiger partial charge in [0.25, 0.3) is 0 Å². The Kier molecular flexibility index (Phi) is 4.94. The maximum atomic E-state index is 12.4. The van der Waals surface area contributed by atoms with E-state index in [1.54, 1.807) is 37.4 Å². The summed E-state index contributed by atoms with van der Waals surface area (Å²) in [5.74, 6) is 1.44. The highest BCUT2D eigenvalue weighted by Gasteiger charge is 2.15. The molecule has 1 heterocycles. The van der Waals surface area contributed by atoms with Gasteiger partial charge < -0.3 is 9.47 Å². The van der Waals surface area contributed by atoms with Crippen LogP contribution in [-0.4, -0.2) is 25.3 Å². The molecule has 0 spiro atoms. The van der Waals surface area contributed by atoms with Crippen molar-refractivity contribution >= 4 is 11.6 Å². The summed E-state index contributed by atoms with van der Waals surface area (Å²) in [5.41, 5.74) is 2.30. The molecule has 4 heteroatoms. The van der Waals surface area contributed by atoms with Crippen LogP contribution in [0.25, 0.3) is 0 Å². The Morgan fingerprint density at radius 2 is 1.79 bits per heavy atom. The molecule has 0 fully saturated rings. The lowest BCUT2D eigenvalue weighted by molar-refractivity contribution is 0.0917. The molecular formula is C20H20O4. The van der Waals surface area contributed by atoms with Gasteiger partial charge in [0.05, 0.1) is 13.7 Å². The van der Waals surface area contributed by atoms with Crippen LogP contribution >= 0.6 is 0 Å². The predicted octanol–water partition coefficient (Wildman–Crippen LogP) is 3.87. The van der Waals surface area contributed by atoms with Crippen LogP contribution in [0.5, 0.6) is 11.5 Å². The summed E-state index contributed by atoms with van der Waals surface area (Å²) in [6.07, 6.45) is 2.30. The van der Waals surface area contributed by atoms with E-state index in [-0.39, 0.29) is 24.4 Å². The van der Waals surface area contributed by atoms with Gasteiger partial charge in [0.15, 0.2) is 11.6 Å². The van der Waals surface area contributed by atoms with Crippen LogP contribution in [0, 0.1) is 0 Å². The summed E-state index contributed by atoms with van der Waals surface area (Å²) in [6, 6.07) is 12.5. The highest BCUT2D eigenvalue weighted by molar-refractivity contribution is 6.02. The molecule has 0 aliphatic carbocycles. The standard InChI is InChI=1S/C20H20O4/c1-23-17-6-2-4-14(13-17)18(21)8-9-19(22)15-7-10-20-16(12-15)5-3-11-24-20/h2,4,6-7,10,12-13H,3,5,8-9,11H2,1H3. The number of Topliss-reactive ketones (excluding diaryl/α,β-unsaturated/α-hetero) is 2. The minimum atomic E-state index is -0.0523. The van der Waals surface area contributed by atoms with Gasteiger partial charge in [-0.3, -0.25) is 9.59 Å². The molecule has 0 bridgehead atoms. The lowest BCUT2D eigenvalue weighted by atomic mass is 9.98. The van der Waals surface area contributed by atoms with E-state index in [1.807, 2.05) is 12.1 Å². The van der Waals surface area contributed by atoms with Crippen LogP contribution < -0.4 is 9.47 Å². The third-order valence-electron chi connectivity index (χ3n) is 4.20. The van der Waals surface area contributed by atoms with E-state index < -0.39 is 0 Å². The molecule has 4 nitrogen and oxygen atoms in total. The third kappa shape index (κ3) is 3.65. The normalized spacial score (nSPS) is 12.9. The maximum absolute atomic E-state index is 12.4. The van der Waals surface area contributed by atoms with E-state index in [0.717, 1.165) is 30.8 Å². The van der Waals surface area contributed by atoms with Crippen molar-refractivity contribution in [2.45, 2.75) is 25.7 Å². The fraction of sp³-hybridized carbons (Fsp3) is 0.300. The highest BCUT2D eigenvalue weighted by atomic mass is 16.5. The first-order valence-electron chi connectivity index (χ1n) is 8.13. The predicted molar refractivity (Wildman–Crippen MR) is 91.1 cm³/mol. The van der Waals surface area contributed by atoms with Gasteiger partial charge in [-0.15, -0.1) is 0 Å². The number of rotatable bonds is 6. The summed E-state index contributed by atoms with van der Waals surface area (Å²) < 4.78 is 10.7. The number of fused-ring (bicyclic) bond motifs is 1. The van der Waals surface area contributed by atoms with Crippen molar-refractivity contribution in [3.05, 3.63) is 59.2 Å². The molecule has 0 atom stereocenters. The van der Waals surface area contributed by atoms with Crippen molar-refractivity contribution in [1.29, 1.82) is 0 Å². The van der Waals surface area contributed by atoms with Gasteiger partial charge in [0.1, 0.15) is 11.5 Å². The molecule has 1 aliphatic rings. The van der Waals surface area contributed by atoms with Gasteiger partial charge in [-0.1, -0.05) is 12.1 Å². The Bertz CT molecular complexity index is 764.